The highest BCUT2D eigenvalue weighted by Crippen LogP contribution is 2.28. The molecule has 3 rings (SSSR count). The van der Waals surface area contributed by atoms with Crippen LogP contribution in [-0.4, -0.2) is 58.7 Å². The molecule has 1 aliphatic heterocycles. The number of hydrogen-bond donors (Lipinski definition) is 1. The zero-order valence-electron chi connectivity index (χ0n) is 21.0. The summed E-state index contributed by atoms with van der Waals surface area (Å²) in [4.78, 5) is 18.2. The number of carbonyl (C=O) groups is 1. The number of likely N-dealkylation sites (N-methyl/N-ethyl adjacent to an activating group) is 1. The average Bonchev–Trinajstić information content (AvgIpc) is 3.24. The van der Waals surface area contributed by atoms with Crippen LogP contribution in [0, 0.1) is 5.92 Å². The number of nitrogens with one attached hydrogen (secondary N) is 1. The van der Waals surface area contributed by atoms with Crippen molar-refractivity contribution in [1.29, 1.82) is 0 Å². The van der Waals surface area contributed by atoms with Gasteiger partial charge in [-0.15, -0.1) is 0 Å². The van der Waals surface area contributed by atoms with Gasteiger partial charge in [-0.05, 0) is 51.5 Å². The van der Waals surface area contributed by atoms with Crippen LogP contribution < -0.4 is 5.32 Å². The summed E-state index contributed by atoms with van der Waals surface area (Å²) in [5, 5.41) is 3.11. The van der Waals surface area contributed by atoms with Crippen LogP contribution in [0.2, 0.25) is 0 Å². The van der Waals surface area contributed by atoms with Gasteiger partial charge in [0.15, 0.2) is 0 Å². The van der Waals surface area contributed by atoms with Gasteiger partial charge in [0.05, 0.1) is 6.04 Å². The van der Waals surface area contributed by atoms with Crippen molar-refractivity contribution in [3.05, 3.63) is 35.9 Å². The number of hydrogen-bond acceptors (Lipinski definition) is 4. The molecule has 1 aromatic carbocycles. The molecule has 1 saturated heterocycles. The molecule has 0 radical (unpaired) electrons. The Morgan fingerprint density at radius 2 is 1.88 bits per heavy atom. The largest absolute Gasteiger partial charge is 0.444 e. The highest BCUT2D eigenvalue weighted by Gasteiger charge is 2.31. The summed E-state index contributed by atoms with van der Waals surface area (Å²) in [6, 6.07) is 10.9. The van der Waals surface area contributed by atoms with Crippen molar-refractivity contribution in [2.24, 2.45) is 5.92 Å². The molecule has 0 spiro atoms. The van der Waals surface area contributed by atoms with E-state index < -0.39 is 5.60 Å². The van der Waals surface area contributed by atoms with Gasteiger partial charge in [-0.25, -0.2) is 4.79 Å². The minimum absolute atomic E-state index is 0.162. The van der Waals surface area contributed by atoms with E-state index in [9.17, 15) is 4.79 Å². The molecule has 1 saturated carbocycles. The maximum Gasteiger partial charge on any atom is 0.408 e. The Labute approximate surface area is 206 Å². The zero-order chi connectivity index (χ0) is 23.8. The Bertz CT molecular complexity index is 758. The highest BCUT2D eigenvalue weighted by molar-refractivity contribution is 7.80. The first-order valence-corrected chi connectivity index (χ1v) is 13.1. The minimum Gasteiger partial charge on any atom is -0.444 e. The molecule has 33 heavy (non-hydrogen) atoms. The van der Waals surface area contributed by atoms with E-state index >= 15 is 0 Å². The number of thiocarbonyl (C=S) groups is 1. The summed E-state index contributed by atoms with van der Waals surface area (Å²) in [6.07, 6.45) is 9.34. The van der Waals surface area contributed by atoms with Crippen LogP contribution in [0.5, 0.6) is 0 Å². The molecule has 0 bridgehead atoms. The molecule has 1 amide bonds. The second-order valence-electron chi connectivity index (χ2n) is 10.9. The fraction of sp³-hybridized carbons (Fsp3) is 0.704. The lowest BCUT2D eigenvalue weighted by atomic mass is 9.85. The first-order chi connectivity index (χ1) is 15.7. The van der Waals surface area contributed by atoms with Crippen molar-refractivity contribution in [3.63, 3.8) is 0 Å². The van der Waals surface area contributed by atoms with Crippen molar-refractivity contribution in [2.45, 2.75) is 96.4 Å². The number of carbonyl (C=O) groups excluding carboxylic acids is 1. The lowest BCUT2D eigenvalue weighted by Gasteiger charge is -2.33. The number of alkyl carbamates (subject to hydrolysis) is 1. The molecule has 184 valence electrons. The first-order valence-electron chi connectivity index (χ1n) is 12.7. The Kier molecular flexibility index (Phi) is 9.57. The van der Waals surface area contributed by atoms with Gasteiger partial charge in [0.2, 0.25) is 0 Å². The quantitative estimate of drug-likeness (QED) is 0.485. The molecular weight excluding hydrogens is 430 g/mol. The van der Waals surface area contributed by atoms with Crippen LogP contribution in [0.15, 0.2) is 30.3 Å². The van der Waals surface area contributed by atoms with E-state index in [1.54, 1.807) is 0 Å². The van der Waals surface area contributed by atoms with Gasteiger partial charge in [-0.1, -0.05) is 74.7 Å². The molecule has 1 aromatic rings. The van der Waals surface area contributed by atoms with Gasteiger partial charge in [0, 0.05) is 32.7 Å². The van der Waals surface area contributed by atoms with Crippen LogP contribution in [0.1, 0.15) is 77.7 Å². The van der Waals surface area contributed by atoms with E-state index in [4.69, 9.17) is 17.0 Å². The summed E-state index contributed by atoms with van der Waals surface area (Å²) in [5.41, 5.74) is 0.829. The smallest absolute Gasteiger partial charge is 0.408 e. The lowest BCUT2D eigenvalue weighted by Crippen LogP contribution is -2.51. The van der Waals surface area contributed by atoms with E-state index in [-0.39, 0.29) is 12.1 Å². The molecule has 1 heterocycles. The molecule has 2 fully saturated rings. The third-order valence-electron chi connectivity index (χ3n) is 6.97. The Balaban J connectivity index is 1.58. The second-order valence-corrected chi connectivity index (χ2v) is 11.3. The van der Waals surface area contributed by atoms with Crippen LogP contribution in [0.3, 0.4) is 0 Å². The van der Waals surface area contributed by atoms with Gasteiger partial charge >= 0.3 is 6.09 Å². The fourth-order valence-electron chi connectivity index (χ4n) is 5.12. The summed E-state index contributed by atoms with van der Waals surface area (Å²) in [7, 11) is 2.10. The number of likely N-dealkylation sites (tertiary alicyclic amines) is 1. The molecule has 0 aromatic heterocycles. The number of amides is 1. The van der Waals surface area contributed by atoms with Gasteiger partial charge in [0.25, 0.3) is 0 Å². The predicted octanol–water partition coefficient (Wildman–Crippen LogP) is 5.77. The molecule has 1 N–H and O–H groups in total. The van der Waals surface area contributed by atoms with E-state index in [2.05, 4.69) is 52.5 Å². The molecule has 2 aliphatic rings. The normalized spacial score (nSPS) is 20.9. The van der Waals surface area contributed by atoms with Crippen molar-refractivity contribution < 1.29 is 9.53 Å². The van der Waals surface area contributed by atoms with Crippen LogP contribution in [0.4, 0.5) is 4.79 Å². The number of nitrogens with zero attached hydrogens (tertiary/aromatic N) is 2. The molecule has 2 atom stereocenters. The number of benzene rings is 1. The predicted molar refractivity (Wildman–Crippen MR) is 139 cm³/mol. The van der Waals surface area contributed by atoms with Crippen molar-refractivity contribution in [3.8, 4) is 0 Å². The maximum absolute atomic E-state index is 12.6. The topological polar surface area (TPSA) is 44.8 Å². The molecule has 1 aliphatic carbocycles. The van der Waals surface area contributed by atoms with E-state index in [1.165, 1.54) is 37.7 Å². The van der Waals surface area contributed by atoms with E-state index in [0.717, 1.165) is 49.8 Å². The van der Waals surface area contributed by atoms with Gasteiger partial charge < -0.3 is 15.0 Å². The van der Waals surface area contributed by atoms with E-state index in [0.29, 0.717) is 6.04 Å². The SMILES string of the molecule is CN(C(=S)C(CCC1CCCCC1)NC(=O)OC(C)(C)C)C1CCN(Cc2ccccc2)C1. The average molecular weight is 474 g/mol. The van der Waals surface area contributed by atoms with Crippen molar-refractivity contribution >= 4 is 23.3 Å². The summed E-state index contributed by atoms with van der Waals surface area (Å²) < 4.78 is 5.56. The summed E-state index contributed by atoms with van der Waals surface area (Å²) in [5.74, 6) is 0.752. The van der Waals surface area contributed by atoms with E-state index in [1.807, 2.05) is 20.8 Å². The maximum atomic E-state index is 12.6. The van der Waals surface area contributed by atoms with Crippen molar-refractivity contribution in [2.75, 3.05) is 20.1 Å². The molecular formula is C27H43N3O2S. The van der Waals surface area contributed by atoms with Gasteiger partial charge in [-0.2, -0.15) is 0 Å². The standard InChI is InChI=1S/C27H43N3O2S/c1-27(2,3)32-26(31)28-24(16-15-21-11-7-5-8-12-21)25(33)29(4)23-17-18-30(20-23)19-22-13-9-6-10-14-22/h6,9-10,13-14,21,23-24H,5,7-8,11-12,15-20H2,1-4H3,(H,28,31). The van der Waals surface area contributed by atoms with Gasteiger partial charge in [-0.3, -0.25) is 4.90 Å². The molecule has 2 unspecified atom stereocenters. The summed E-state index contributed by atoms with van der Waals surface area (Å²) in [6.45, 7) is 8.72. The first kappa shape index (κ1) is 26.0. The van der Waals surface area contributed by atoms with Crippen LogP contribution in [-0.2, 0) is 11.3 Å². The second kappa shape index (κ2) is 12.2. The summed E-state index contributed by atoms with van der Waals surface area (Å²) >= 11 is 5.97. The van der Waals surface area contributed by atoms with Crippen LogP contribution in [0.25, 0.3) is 0 Å². The van der Waals surface area contributed by atoms with Gasteiger partial charge in [0.1, 0.15) is 10.6 Å². The highest BCUT2D eigenvalue weighted by atomic mass is 32.1. The minimum atomic E-state index is -0.519. The Hall–Kier alpha value is -1.66. The Morgan fingerprint density at radius 1 is 1.18 bits per heavy atom. The zero-order valence-corrected chi connectivity index (χ0v) is 21.8. The molecule has 5 nitrogen and oxygen atoms in total. The number of ether oxygens (including phenoxy) is 1. The van der Waals surface area contributed by atoms with Crippen molar-refractivity contribution in [1.82, 2.24) is 15.1 Å². The third-order valence-corrected chi connectivity index (χ3v) is 7.54. The third kappa shape index (κ3) is 8.56. The lowest BCUT2D eigenvalue weighted by molar-refractivity contribution is 0.0512. The monoisotopic (exact) mass is 473 g/mol. The fourth-order valence-corrected chi connectivity index (χ4v) is 5.45. The van der Waals surface area contributed by atoms with Crippen LogP contribution >= 0.6 is 12.2 Å². The Morgan fingerprint density at radius 3 is 2.55 bits per heavy atom. The molecule has 6 heteroatoms. The number of rotatable bonds is 8.